The molecular weight excluding hydrogens is 260 g/mol. The zero-order valence-electron chi connectivity index (χ0n) is 11.5. The second kappa shape index (κ2) is 6.27. The third-order valence-electron chi connectivity index (χ3n) is 2.90. The summed E-state index contributed by atoms with van der Waals surface area (Å²) in [6.45, 7) is 3.96. The lowest BCUT2D eigenvalue weighted by Crippen LogP contribution is -2.50. The summed E-state index contributed by atoms with van der Waals surface area (Å²) in [7, 11) is 0. The lowest BCUT2D eigenvalue weighted by molar-refractivity contribution is -0.133. The molecule has 0 radical (unpaired) electrons. The van der Waals surface area contributed by atoms with Crippen LogP contribution in [0.25, 0.3) is 0 Å². The molecule has 2 atom stereocenters. The Hall–Kier alpha value is -2.24. The molecular formula is C14H18N2O4. The second-order valence-electron chi connectivity index (χ2n) is 4.58. The van der Waals surface area contributed by atoms with Gasteiger partial charge in [-0.25, -0.2) is 0 Å². The van der Waals surface area contributed by atoms with E-state index in [4.69, 9.17) is 9.47 Å². The average molecular weight is 278 g/mol. The summed E-state index contributed by atoms with van der Waals surface area (Å²) < 4.78 is 11.3. The monoisotopic (exact) mass is 278 g/mol. The fourth-order valence-corrected chi connectivity index (χ4v) is 1.93. The first kappa shape index (κ1) is 14.2. The Morgan fingerprint density at radius 3 is 2.35 bits per heavy atom. The Balaban J connectivity index is 1.89. The summed E-state index contributed by atoms with van der Waals surface area (Å²) >= 11 is 0. The third-order valence-corrected chi connectivity index (χ3v) is 2.90. The quantitative estimate of drug-likeness (QED) is 0.785. The van der Waals surface area contributed by atoms with Crippen molar-refractivity contribution in [2.75, 3.05) is 13.1 Å². The number of hydrogen-bond acceptors (Lipinski definition) is 4. The van der Waals surface area contributed by atoms with Crippen LogP contribution in [0, 0.1) is 0 Å². The molecule has 108 valence electrons. The first-order valence-electron chi connectivity index (χ1n) is 6.52. The number of nitrogens with one attached hydrogen (secondary N) is 2. The highest BCUT2D eigenvalue weighted by Crippen LogP contribution is 2.33. The molecule has 20 heavy (non-hydrogen) atoms. The van der Waals surface area contributed by atoms with Crippen LogP contribution in [0.5, 0.6) is 11.5 Å². The Kier molecular flexibility index (Phi) is 4.45. The number of carbonyl (C=O) groups is 2. The van der Waals surface area contributed by atoms with Gasteiger partial charge in [0.1, 0.15) is 6.10 Å². The largest absolute Gasteiger partial charge is 0.482 e. The van der Waals surface area contributed by atoms with Crippen LogP contribution in [0.4, 0.5) is 0 Å². The predicted molar refractivity (Wildman–Crippen MR) is 72.6 cm³/mol. The molecule has 2 rings (SSSR count). The summed E-state index contributed by atoms with van der Waals surface area (Å²) in [5.41, 5.74) is 0. The molecule has 1 aliphatic heterocycles. The smallest absolute Gasteiger partial charge is 0.265 e. The molecule has 6 heteroatoms. The van der Waals surface area contributed by atoms with Crippen molar-refractivity contribution in [2.24, 2.45) is 0 Å². The molecule has 0 fully saturated rings. The molecule has 1 aliphatic rings. The minimum Gasteiger partial charge on any atom is -0.482 e. The van der Waals surface area contributed by atoms with Gasteiger partial charge >= 0.3 is 0 Å². The van der Waals surface area contributed by atoms with E-state index in [1.165, 1.54) is 6.92 Å². The SMILES string of the molecule is CC(=O)NCCNC(=O)[C@H]1Oc2ccccc2O[C@@H]1C. The number of carbonyl (C=O) groups excluding carboxylic acids is 2. The molecule has 0 aromatic heterocycles. The van der Waals surface area contributed by atoms with Crippen LogP contribution in [0.2, 0.25) is 0 Å². The van der Waals surface area contributed by atoms with E-state index in [0.29, 0.717) is 24.6 Å². The predicted octanol–water partition coefficient (Wildman–Crippen LogP) is 0.467. The van der Waals surface area contributed by atoms with Crippen LogP contribution in [0.15, 0.2) is 24.3 Å². The van der Waals surface area contributed by atoms with E-state index in [-0.39, 0.29) is 17.9 Å². The molecule has 1 aromatic carbocycles. The van der Waals surface area contributed by atoms with E-state index < -0.39 is 6.10 Å². The Morgan fingerprint density at radius 2 is 1.70 bits per heavy atom. The Morgan fingerprint density at radius 1 is 1.10 bits per heavy atom. The van der Waals surface area contributed by atoms with Crippen molar-refractivity contribution >= 4 is 11.8 Å². The topological polar surface area (TPSA) is 76.7 Å². The van der Waals surface area contributed by atoms with Crippen molar-refractivity contribution < 1.29 is 19.1 Å². The lowest BCUT2D eigenvalue weighted by atomic mass is 10.1. The third kappa shape index (κ3) is 3.40. The maximum Gasteiger partial charge on any atom is 0.265 e. The van der Waals surface area contributed by atoms with Gasteiger partial charge in [0, 0.05) is 20.0 Å². The van der Waals surface area contributed by atoms with E-state index in [0.717, 1.165) is 0 Å². The van der Waals surface area contributed by atoms with Gasteiger partial charge < -0.3 is 20.1 Å². The Labute approximate surface area is 117 Å². The van der Waals surface area contributed by atoms with Crippen molar-refractivity contribution in [3.8, 4) is 11.5 Å². The van der Waals surface area contributed by atoms with E-state index in [1.807, 2.05) is 12.1 Å². The van der Waals surface area contributed by atoms with Crippen molar-refractivity contribution in [1.82, 2.24) is 10.6 Å². The number of hydrogen-bond donors (Lipinski definition) is 2. The molecule has 0 saturated heterocycles. The van der Waals surface area contributed by atoms with E-state index in [9.17, 15) is 9.59 Å². The molecule has 6 nitrogen and oxygen atoms in total. The molecule has 0 bridgehead atoms. The standard InChI is InChI=1S/C14H18N2O4/c1-9-13(14(18)16-8-7-15-10(2)17)20-12-6-4-3-5-11(12)19-9/h3-6,9,13H,7-8H2,1-2H3,(H,15,17)(H,16,18)/t9-,13+/m1/s1. The van der Waals surface area contributed by atoms with Gasteiger partial charge in [0.15, 0.2) is 11.5 Å². The molecule has 0 saturated carbocycles. The molecule has 0 spiro atoms. The maximum absolute atomic E-state index is 12.0. The van der Waals surface area contributed by atoms with Crippen molar-refractivity contribution in [3.63, 3.8) is 0 Å². The fraction of sp³-hybridized carbons (Fsp3) is 0.429. The highest BCUT2D eigenvalue weighted by molar-refractivity contribution is 5.82. The van der Waals surface area contributed by atoms with Crippen LogP contribution in [-0.4, -0.2) is 37.1 Å². The number of benzene rings is 1. The van der Waals surface area contributed by atoms with Gasteiger partial charge in [0.25, 0.3) is 5.91 Å². The summed E-state index contributed by atoms with van der Waals surface area (Å²) in [6, 6.07) is 7.24. The average Bonchev–Trinajstić information content (AvgIpc) is 2.42. The highest BCUT2D eigenvalue weighted by atomic mass is 16.6. The zero-order valence-corrected chi connectivity index (χ0v) is 11.5. The summed E-state index contributed by atoms with van der Waals surface area (Å²) in [6.07, 6.45) is -1.06. The van der Waals surface area contributed by atoms with Gasteiger partial charge in [0.2, 0.25) is 12.0 Å². The highest BCUT2D eigenvalue weighted by Gasteiger charge is 2.33. The molecule has 2 amide bonds. The van der Waals surface area contributed by atoms with Gasteiger partial charge in [0.05, 0.1) is 0 Å². The minimum absolute atomic E-state index is 0.126. The fourth-order valence-electron chi connectivity index (χ4n) is 1.93. The molecule has 0 aliphatic carbocycles. The van der Waals surface area contributed by atoms with Crippen molar-refractivity contribution in [2.45, 2.75) is 26.1 Å². The maximum atomic E-state index is 12.0. The summed E-state index contributed by atoms with van der Waals surface area (Å²) in [4.78, 5) is 22.7. The van der Waals surface area contributed by atoms with Crippen molar-refractivity contribution in [3.05, 3.63) is 24.3 Å². The summed E-state index contributed by atoms with van der Waals surface area (Å²) in [5, 5.41) is 5.32. The minimum atomic E-state index is -0.692. The van der Waals surface area contributed by atoms with Crippen molar-refractivity contribution in [1.29, 1.82) is 0 Å². The molecule has 1 heterocycles. The first-order chi connectivity index (χ1) is 9.58. The van der Waals surface area contributed by atoms with Crippen LogP contribution >= 0.6 is 0 Å². The van der Waals surface area contributed by atoms with Crippen LogP contribution in [0.3, 0.4) is 0 Å². The van der Waals surface area contributed by atoms with Gasteiger partial charge in [-0.2, -0.15) is 0 Å². The van der Waals surface area contributed by atoms with E-state index in [2.05, 4.69) is 10.6 Å². The number of ether oxygens (including phenoxy) is 2. The normalized spacial score (nSPS) is 20.1. The Bertz CT molecular complexity index is 504. The zero-order chi connectivity index (χ0) is 14.5. The molecule has 2 N–H and O–H groups in total. The van der Waals surface area contributed by atoms with E-state index in [1.54, 1.807) is 19.1 Å². The number of fused-ring (bicyclic) bond motifs is 1. The summed E-state index contributed by atoms with van der Waals surface area (Å²) in [5.74, 6) is 0.825. The molecule has 0 unspecified atom stereocenters. The second-order valence-corrected chi connectivity index (χ2v) is 4.58. The van der Waals surface area contributed by atoms with Crippen LogP contribution < -0.4 is 20.1 Å². The lowest BCUT2D eigenvalue weighted by Gasteiger charge is -2.31. The number of rotatable bonds is 4. The van der Waals surface area contributed by atoms with Gasteiger partial charge in [-0.3, -0.25) is 9.59 Å². The van der Waals surface area contributed by atoms with Gasteiger partial charge in [-0.05, 0) is 19.1 Å². The first-order valence-corrected chi connectivity index (χ1v) is 6.52. The van der Waals surface area contributed by atoms with Gasteiger partial charge in [-0.1, -0.05) is 12.1 Å². The van der Waals surface area contributed by atoms with Gasteiger partial charge in [-0.15, -0.1) is 0 Å². The number of amides is 2. The van der Waals surface area contributed by atoms with E-state index >= 15 is 0 Å². The molecule has 1 aromatic rings. The van der Waals surface area contributed by atoms with Crippen LogP contribution in [-0.2, 0) is 9.59 Å². The van der Waals surface area contributed by atoms with Crippen LogP contribution in [0.1, 0.15) is 13.8 Å². The number of para-hydroxylation sites is 2.